The van der Waals surface area contributed by atoms with Crippen LogP contribution in [0.1, 0.15) is 25.7 Å². The Morgan fingerprint density at radius 2 is 1.93 bits per heavy atom. The lowest BCUT2D eigenvalue weighted by Gasteiger charge is -2.29. The topological polar surface area (TPSA) is 140 Å². The first kappa shape index (κ1) is 28.6. The van der Waals surface area contributed by atoms with E-state index in [-0.39, 0.29) is 30.7 Å². The molecule has 6 rings (SSSR count). The van der Waals surface area contributed by atoms with Gasteiger partial charge in [-0.3, -0.25) is 14.8 Å². The van der Waals surface area contributed by atoms with Gasteiger partial charge in [0.05, 0.1) is 30.0 Å². The zero-order valence-corrected chi connectivity index (χ0v) is 24.5. The van der Waals surface area contributed by atoms with E-state index in [0.29, 0.717) is 23.9 Å². The number of alkyl carbamates (subject to hydrolysis) is 1. The molecular formula is C29H39N9O3S. The zero-order valence-electron chi connectivity index (χ0n) is 23.7. The summed E-state index contributed by atoms with van der Waals surface area (Å²) < 4.78 is 5.70. The lowest BCUT2D eigenvalue weighted by molar-refractivity contribution is -0.117. The van der Waals surface area contributed by atoms with Crippen LogP contribution in [0.4, 0.5) is 27.8 Å². The third kappa shape index (κ3) is 7.26. The maximum absolute atomic E-state index is 13.1. The number of aromatic amines is 1. The molecule has 0 aliphatic carbocycles. The van der Waals surface area contributed by atoms with E-state index in [9.17, 15) is 9.59 Å². The first-order valence-electron chi connectivity index (χ1n) is 14.8. The number of nitrogens with zero attached hydrogens (tertiary/aromatic N) is 4. The van der Waals surface area contributed by atoms with E-state index in [1.165, 1.54) is 0 Å². The number of rotatable bonds is 9. The number of pyridine rings is 1. The molecule has 3 aromatic rings. The second-order valence-electron chi connectivity index (χ2n) is 11.1. The largest absolute Gasteiger partial charge is 0.447 e. The number of ether oxygens (including phenoxy) is 1. The maximum Gasteiger partial charge on any atom is 0.407 e. The third-order valence-corrected chi connectivity index (χ3v) is 8.99. The van der Waals surface area contributed by atoms with Gasteiger partial charge in [0.25, 0.3) is 0 Å². The monoisotopic (exact) mass is 593 g/mol. The average molecular weight is 594 g/mol. The summed E-state index contributed by atoms with van der Waals surface area (Å²) in [6, 6.07) is 9.85. The van der Waals surface area contributed by atoms with Gasteiger partial charge in [-0.25, -0.2) is 9.78 Å². The molecule has 0 spiro atoms. The molecule has 0 unspecified atom stereocenters. The van der Waals surface area contributed by atoms with Crippen molar-refractivity contribution in [1.82, 2.24) is 30.7 Å². The molecule has 0 radical (unpaired) electrons. The van der Waals surface area contributed by atoms with Gasteiger partial charge in [-0.15, -0.1) is 0 Å². The molecule has 0 saturated carbocycles. The van der Waals surface area contributed by atoms with Gasteiger partial charge in [0.2, 0.25) is 5.91 Å². The number of H-pyrrole nitrogens is 1. The second kappa shape index (κ2) is 13.6. The normalized spacial score (nSPS) is 20.0. The van der Waals surface area contributed by atoms with Crippen molar-refractivity contribution in [2.75, 3.05) is 72.9 Å². The van der Waals surface area contributed by atoms with E-state index in [0.717, 1.165) is 86.5 Å². The number of amides is 2. The van der Waals surface area contributed by atoms with Gasteiger partial charge in [-0.2, -0.15) is 16.9 Å². The van der Waals surface area contributed by atoms with Gasteiger partial charge in [0, 0.05) is 48.3 Å². The molecule has 3 aliphatic rings. The molecule has 2 amide bonds. The van der Waals surface area contributed by atoms with E-state index in [2.05, 4.69) is 41.3 Å². The number of nitrogens with one attached hydrogen (secondary N) is 5. The summed E-state index contributed by atoms with van der Waals surface area (Å²) in [5.74, 6) is 3.38. The Labute approximate surface area is 249 Å². The smallest absolute Gasteiger partial charge is 0.407 e. The third-order valence-electron chi connectivity index (χ3n) is 8.05. The number of benzene rings is 1. The molecule has 13 heteroatoms. The van der Waals surface area contributed by atoms with E-state index < -0.39 is 0 Å². The molecule has 2 aromatic heterocycles. The van der Waals surface area contributed by atoms with E-state index in [4.69, 9.17) is 9.72 Å². The number of carbonyl (C=O) groups is 2. The Hall–Kier alpha value is -3.55. The van der Waals surface area contributed by atoms with Gasteiger partial charge >= 0.3 is 6.09 Å². The number of carbonyl (C=O) groups excluding carboxylic acids is 2. The van der Waals surface area contributed by atoms with Crippen LogP contribution in [0.2, 0.25) is 0 Å². The second-order valence-corrected chi connectivity index (χ2v) is 12.3. The highest BCUT2D eigenvalue weighted by atomic mass is 32.2. The molecule has 5 N–H and O–H groups in total. The van der Waals surface area contributed by atoms with Gasteiger partial charge in [-0.05, 0) is 69.1 Å². The number of aromatic nitrogens is 3. The number of hydrogen-bond donors (Lipinski definition) is 5. The Bertz CT molecular complexity index is 1370. The molecule has 1 atom stereocenters. The first-order valence-corrected chi connectivity index (χ1v) is 16.0. The van der Waals surface area contributed by atoms with Crippen molar-refractivity contribution in [3.05, 3.63) is 36.5 Å². The van der Waals surface area contributed by atoms with Crippen molar-refractivity contribution >= 4 is 57.7 Å². The summed E-state index contributed by atoms with van der Waals surface area (Å²) in [7, 11) is 0. The SMILES string of the molecule is O=C(CN1CCSCC1)Nc1ccc(Nc2ccc3[nH]ncc3c2)nc1N1CCC[C@H]1COC(=O)NC1CCNCC1. The Morgan fingerprint density at radius 3 is 2.79 bits per heavy atom. The fourth-order valence-corrected chi connectivity index (χ4v) is 6.77. The minimum absolute atomic E-state index is 0.0384. The van der Waals surface area contributed by atoms with Crippen molar-refractivity contribution < 1.29 is 14.3 Å². The quantitative estimate of drug-likeness (QED) is 0.251. The predicted octanol–water partition coefficient (Wildman–Crippen LogP) is 3.14. The van der Waals surface area contributed by atoms with Crippen molar-refractivity contribution in [3.63, 3.8) is 0 Å². The van der Waals surface area contributed by atoms with Crippen LogP contribution < -0.4 is 26.2 Å². The summed E-state index contributed by atoms with van der Waals surface area (Å²) in [5.41, 5.74) is 2.51. The van der Waals surface area contributed by atoms with Gasteiger partial charge in [-0.1, -0.05) is 0 Å². The summed E-state index contributed by atoms with van der Waals surface area (Å²) in [6.07, 6.45) is 5.03. The number of anilines is 4. The summed E-state index contributed by atoms with van der Waals surface area (Å²) in [4.78, 5) is 35.0. The number of hydrogen-bond acceptors (Lipinski definition) is 10. The Morgan fingerprint density at radius 1 is 1.07 bits per heavy atom. The molecular weight excluding hydrogens is 554 g/mol. The van der Waals surface area contributed by atoms with Crippen LogP contribution in [0, 0.1) is 0 Å². The lowest BCUT2D eigenvalue weighted by atomic mass is 10.1. The van der Waals surface area contributed by atoms with Crippen molar-refractivity contribution in [3.8, 4) is 0 Å². The average Bonchev–Trinajstić information content (AvgIpc) is 3.67. The Kier molecular flexibility index (Phi) is 9.26. The predicted molar refractivity (Wildman–Crippen MR) is 167 cm³/mol. The van der Waals surface area contributed by atoms with Gasteiger partial charge in [0.15, 0.2) is 5.82 Å². The van der Waals surface area contributed by atoms with Crippen LogP contribution >= 0.6 is 11.8 Å². The minimum Gasteiger partial charge on any atom is -0.447 e. The standard InChI is InChI=1S/C29H39N9O3S/c39-27(18-37-12-14-42-15-13-37)34-25-5-6-26(32-22-3-4-24-20(16-22)17-31-36-24)35-28(25)38-11-1-2-23(38)19-41-29(40)33-21-7-9-30-10-8-21/h3-6,16-17,21,23,30H,1-2,7-15,18-19H2,(H,31,36)(H,32,35)(H,33,40)(H,34,39)/t23-/m0/s1. The molecule has 3 fully saturated rings. The van der Waals surface area contributed by atoms with Crippen molar-refractivity contribution in [2.45, 2.75) is 37.8 Å². The molecule has 224 valence electrons. The highest BCUT2D eigenvalue weighted by Gasteiger charge is 2.30. The maximum atomic E-state index is 13.1. The number of thioether (sulfide) groups is 1. The highest BCUT2D eigenvalue weighted by molar-refractivity contribution is 7.99. The molecule has 42 heavy (non-hydrogen) atoms. The fraction of sp³-hybridized carbons (Fsp3) is 0.517. The molecule has 3 saturated heterocycles. The summed E-state index contributed by atoms with van der Waals surface area (Å²) in [5, 5.41) is 20.9. The van der Waals surface area contributed by atoms with Gasteiger partial charge in [0.1, 0.15) is 12.4 Å². The van der Waals surface area contributed by atoms with Crippen LogP contribution in [0.5, 0.6) is 0 Å². The summed E-state index contributed by atoms with van der Waals surface area (Å²) in [6.45, 7) is 5.00. The first-order chi connectivity index (χ1) is 20.6. The Balaban J connectivity index is 1.18. The molecule has 5 heterocycles. The molecule has 3 aliphatic heterocycles. The minimum atomic E-state index is -0.375. The summed E-state index contributed by atoms with van der Waals surface area (Å²) >= 11 is 1.92. The zero-order chi connectivity index (χ0) is 28.7. The van der Waals surface area contributed by atoms with Crippen LogP contribution in [0.25, 0.3) is 10.9 Å². The number of fused-ring (bicyclic) bond motifs is 1. The van der Waals surface area contributed by atoms with Crippen LogP contribution in [-0.4, -0.2) is 102 Å². The van der Waals surface area contributed by atoms with Gasteiger partial charge < -0.3 is 30.9 Å². The van der Waals surface area contributed by atoms with Crippen molar-refractivity contribution in [2.24, 2.45) is 0 Å². The number of piperidine rings is 1. The van der Waals surface area contributed by atoms with Crippen LogP contribution in [0.3, 0.4) is 0 Å². The van der Waals surface area contributed by atoms with E-state index >= 15 is 0 Å². The molecule has 0 bridgehead atoms. The van der Waals surface area contributed by atoms with Crippen LogP contribution in [0.15, 0.2) is 36.5 Å². The van der Waals surface area contributed by atoms with E-state index in [1.807, 2.05) is 42.1 Å². The fourth-order valence-electron chi connectivity index (χ4n) is 5.79. The molecule has 12 nitrogen and oxygen atoms in total. The lowest BCUT2D eigenvalue weighted by Crippen LogP contribution is -2.44. The van der Waals surface area contributed by atoms with Crippen LogP contribution in [-0.2, 0) is 9.53 Å². The molecule has 1 aromatic carbocycles. The van der Waals surface area contributed by atoms with E-state index in [1.54, 1.807) is 6.20 Å². The highest BCUT2D eigenvalue weighted by Crippen LogP contribution is 2.33. The van der Waals surface area contributed by atoms with Crippen molar-refractivity contribution in [1.29, 1.82) is 0 Å².